The first kappa shape index (κ1) is 21.4. The fraction of sp³-hybridized carbons (Fsp3) is 0.240. The predicted octanol–water partition coefficient (Wildman–Crippen LogP) is 4.46. The second-order valence-corrected chi connectivity index (χ2v) is 7.29. The zero-order chi connectivity index (χ0) is 22.3. The van der Waals surface area contributed by atoms with Crippen LogP contribution in [0.2, 0.25) is 0 Å². The molecule has 164 valence electrons. The monoisotopic (exact) mass is 430 g/mol. The molecule has 4 aromatic rings. The molecule has 0 atom stereocenters. The third-order valence-electron chi connectivity index (χ3n) is 5.12. The molecule has 0 radical (unpaired) electrons. The highest BCUT2D eigenvalue weighted by atomic mass is 16.5. The van der Waals surface area contributed by atoms with Gasteiger partial charge >= 0.3 is 0 Å². The maximum absolute atomic E-state index is 12.7. The number of rotatable bonds is 9. The third-order valence-corrected chi connectivity index (χ3v) is 5.12. The van der Waals surface area contributed by atoms with Crippen LogP contribution in [0.5, 0.6) is 11.5 Å². The largest absolute Gasteiger partial charge is 0.497 e. The molecular formula is C25H26N4O3. The SMILES string of the molecule is CCOc1ccccc1NC(=O)CCc1nc2cccnc2n1Cc1ccc(OC)cc1. The topological polar surface area (TPSA) is 78.3 Å². The van der Waals surface area contributed by atoms with E-state index in [0.717, 1.165) is 28.3 Å². The minimum Gasteiger partial charge on any atom is -0.497 e. The van der Waals surface area contributed by atoms with Gasteiger partial charge in [0, 0.05) is 19.0 Å². The first-order chi connectivity index (χ1) is 15.7. The Morgan fingerprint density at radius 2 is 1.88 bits per heavy atom. The van der Waals surface area contributed by atoms with Crippen LogP contribution in [0.3, 0.4) is 0 Å². The summed E-state index contributed by atoms with van der Waals surface area (Å²) in [7, 11) is 1.65. The molecule has 4 rings (SSSR count). The van der Waals surface area contributed by atoms with E-state index < -0.39 is 0 Å². The van der Waals surface area contributed by atoms with Gasteiger partial charge in [0.1, 0.15) is 22.8 Å². The third kappa shape index (κ3) is 4.88. The van der Waals surface area contributed by atoms with Gasteiger partial charge < -0.3 is 19.4 Å². The highest BCUT2D eigenvalue weighted by molar-refractivity contribution is 5.92. The van der Waals surface area contributed by atoms with Crippen molar-refractivity contribution in [3.63, 3.8) is 0 Å². The van der Waals surface area contributed by atoms with Crippen LogP contribution in [-0.4, -0.2) is 34.2 Å². The van der Waals surface area contributed by atoms with Crippen LogP contribution in [0.4, 0.5) is 5.69 Å². The van der Waals surface area contributed by atoms with Gasteiger partial charge in [0.2, 0.25) is 5.91 Å². The van der Waals surface area contributed by atoms with Crippen LogP contribution >= 0.6 is 0 Å². The normalized spacial score (nSPS) is 10.8. The van der Waals surface area contributed by atoms with Crippen LogP contribution in [0.1, 0.15) is 24.7 Å². The van der Waals surface area contributed by atoms with Gasteiger partial charge in [0.25, 0.3) is 0 Å². The number of imidazole rings is 1. The summed E-state index contributed by atoms with van der Waals surface area (Å²) in [5, 5.41) is 2.95. The first-order valence-electron chi connectivity index (χ1n) is 10.6. The fourth-order valence-corrected chi connectivity index (χ4v) is 3.57. The standard InChI is InChI=1S/C25H26N4O3/c1-3-32-22-9-5-4-7-20(22)28-24(30)15-14-23-27-21-8-6-16-26-25(21)29(23)17-18-10-12-19(31-2)13-11-18/h4-13,16H,3,14-15,17H2,1-2H3,(H,28,30). The molecular weight excluding hydrogens is 404 g/mol. The molecule has 2 heterocycles. The molecule has 7 heteroatoms. The molecule has 1 N–H and O–H groups in total. The molecule has 0 aliphatic rings. The number of carbonyl (C=O) groups excluding carboxylic acids is 1. The number of fused-ring (bicyclic) bond motifs is 1. The molecule has 0 fully saturated rings. The van der Waals surface area contributed by atoms with Crippen LogP contribution in [0.25, 0.3) is 11.2 Å². The second kappa shape index (κ2) is 9.96. The number of nitrogens with one attached hydrogen (secondary N) is 1. The summed E-state index contributed by atoms with van der Waals surface area (Å²) in [5.74, 6) is 2.21. The van der Waals surface area contributed by atoms with Crippen molar-refractivity contribution < 1.29 is 14.3 Å². The number of methoxy groups -OCH3 is 1. The van der Waals surface area contributed by atoms with Crippen LogP contribution in [0, 0.1) is 0 Å². The summed E-state index contributed by atoms with van der Waals surface area (Å²) in [6.07, 6.45) is 2.55. The van der Waals surface area contributed by atoms with Crippen LogP contribution in [-0.2, 0) is 17.8 Å². The maximum atomic E-state index is 12.7. The van der Waals surface area contributed by atoms with Gasteiger partial charge in [-0.25, -0.2) is 9.97 Å². The Bertz CT molecular complexity index is 1200. The van der Waals surface area contributed by atoms with E-state index in [2.05, 4.69) is 14.9 Å². The highest BCUT2D eigenvalue weighted by Gasteiger charge is 2.15. The highest BCUT2D eigenvalue weighted by Crippen LogP contribution is 2.24. The molecule has 0 aliphatic heterocycles. The van der Waals surface area contributed by atoms with E-state index in [9.17, 15) is 4.79 Å². The molecule has 0 aliphatic carbocycles. The van der Waals surface area contributed by atoms with Gasteiger partial charge in [-0.2, -0.15) is 0 Å². The van der Waals surface area contributed by atoms with Crippen molar-refractivity contribution in [1.29, 1.82) is 0 Å². The van der Waals surface area contributed by atoms with Crippen molar-refractivity contribution in [1.82, 2.24) is 14.5 Å². The van der Waals surface area contributed by atoms with Crippen molar-refractivity contribution in [3.05, 3.63) is 78.2 Å². The zero-order valence-electron chi connectivity index (χ0n) is 18.2. The van der Waals surface area contributed by atoms with Crippen LogP contribution in [0.15, 0.2) is 66.9 Å². The van der Waals surface area contributed by atoms with E-state index in [1.165, 1.54) is 0 Å². The van der Waals surface area contributed by atoms with E-state index >= 15 is 0 Å². The van der Waals surface area contributed by atoms with Gasteiger partial charge in [0.05, 0.1) is 25.9 Å². The zero-order valence-corrected chi connectivity index (χ0v) is 18.2. The minimum absolute atomic E-state index is 0.0897. The van der Waals surface area contributed by atoms with Crippen molar-refractivity contribution in [2.24, 2.45) is 0 Å². The number of hydrogen-bond donors (Lipinski definition) is 1. The Morgan fingerprint density at radius 1 is 1.06 bits per heavy atom. The summed E-state index contributed by atoms with van der Waals surface area (Å²) < 4.78 is 12.9. The van der Waals surface area contributed by atoms with E-state index in [4.69, 9.17) is 14.5 Å². The predicted molar refractivity (Wildman–Crippen MR) is 124 cm³/mol. The van der Waals surface area contributed by atoms with Crippen LogP contribution < -0.4 is 14.8 Å². The number of carbonyl (C=O) groups is 1. The Hall–Kier alpha value is -3.87. The second-order valence-electron chi connectivity index (χ2n) is 7.29. The van der Waals surface area contributed by atoms with E-state index in [0.29, 0.717) is 37.4 Å². The van der Waals surface area contributed by atoms with Gasteiger partial charge in [-0.05, 0) is 48.9 Å². The number of aromatic nitrogens is 3. The molecule has 32 heavy (non-hydrogen) atoms. The number of pyridine rings is 1. The molecule has 0 saturated carbocycles. The lowest BCUT2D eigenvalue weighted by Crippen LogP contribution is -2.15. The number of benzene rings is 2. The van der Waals surface area contributed by atoms with E-state index in [1.807, 2.05) is 67.6 Å². The summed E-state index contributed by atoms with van der Waals surface area (Å²) in [6.45, 7) is 3.07. The average Bonchev–Trinajstić information content (AvgIpc) is 3.17. The summed E-state index contributed by atoms with van der Waals surface area (Å²) in [6, 6.07) is 19.2. The Balaban J connectivity index is 1.51. The lowest BCUT2D eigenvalue weighted by Gasteiger charge is -2.12. The maximum Gasteiger partial charge on any atom is 0.224 e. The molecule has 2 aromatic heterocycles. The summed E-state index contributed by atoms with van der Waals surface area (Å²) >= 11 is 0. The molecule has 0 bridgehead atoms. The molecule has 0 spiro atoms. The Morgan fingerprint density at radius 3 is 2.66 bits per heavy atom. The van der Waals surface area contributed by atoms with Crippen molar-refractivity contribution >= 4 is 22.8 Å². The number of aryl methyl sites for hydroxylation is 1. The molecule has 0 saturated heterocycles. The van der Waals surface area contributed by atoms with E-state index in [-0.39, 0.29) is 5.91 Å². The average molecular weight is 431 g/mol. The number of ether oxygens (including phenoxy) is 2. The quantitative estimate of drug-likeness (QED) is 0.424. The van der Waals surface area contributed by atoms with Crippen molar-refractivity contribution in [3.8, 4) is 11.5 Å². The van der Waals surface area contributed by atoms with Gasteiger partial charge in [-0.1, -0.05) is 24.3 Å². The molecule has 2 aromatic carbocycles. The smallest absolute Gasteiger partial charge is 0.224 e. The minimum atomic E-state index is -0.0897. The lowest BCUT2D eigenvalue weighted by molar-refractivity contribution is -0.116. The van der Waals surface area contributed by atoms with Crippen molar-refractivity contribution in [2.75, 3.05) is 19.0 Å². The van der Waals surface area contributed by atoms with Crippen molar-refractivity contribution in [2.45, 2.75) is 26.3 Å². The van der Waals surface area contributed by atoms with E-state index in [1.54, 1.807) is 13.3 Å². The summed E-state index contributed by atoms with van der Waals surface area (Å²) in [5.41, 5.74) is 3.40. The summed E-state index contributed by atoms with van der Waals surface area (Å²) in [4.78, 5) is 21.9. The number of nitrogens with zero attached hydrogens (tertiary/aromatic N) is 3. The lowest BCUT2D eigenvalue weighted by atomic mass is 10.2. The number of hydrogen-bond acceptors (Lipinski definition) is 5. The fourth-order valence-electron chi connectivity index (χ4n) is 3.57. The van der Waals surface area contributed by atoms with Gasteiger partial charge in [-0.15, -0.1) is 0 Å². The molecule has 0 unspecified atom stereocenters. The number of para-hydroxylation sites is 2. The number of amides is 1. The molecule has 7 nitrogen and oxygen atoms in total. The molecule has 1 amide bonds. The van der Waals surface area contributed by atoms with Gasteiger partial charge in [-0.3, -0.25) is 4.79 Å². The van der Waals surface area contributed by atoms with Gasteiger partial charge in [0.15, 0.2) is 5.65 Å². The Labute approximate surface area is 187 Å². The number of anilines is 1. The Kier molecular flexibility index (Phi) is 6.65. The first-order valence-corrected chi connectivity index (χ1v) is 10.6.